The largest absolute Gasteiger partial charge is 0.379 e. The minimum Gasteiger partial charge on any atom is -0.379 e. The van der Waals surface area contributed by atoms with E-state index >= 15 is 0 Å². The number of hydrogen-bond donors (Lipinski definition) is 1. The van der Waals surface area contributed by atoms with E-state index < -0.39 is 0 Å². The lowest BCUT2D eigenvalue weighted by Gasteiger charge is -2.25. The molecule has 0 aromatic rings. The van der Waals surface area contributed by atoms with Crippen LogP contribution in [0.2, 0.25) is 0 Å². The van der Waals surface area contributed by atoms with Gasteiger partial charge in [0.15, 0.2) is 0 Å². The van der Waals surface area contributed by atoms with Crippen molar-refractivity contribution in [3.8, 4) is 0 Å². The summed E-state index contributed by atoms with van der Waals surface area (Å²) in [6.45, 7) is 2.33. The molecule has 2 atom stereocenters. The first-order chi connectivity index (χ1) is 7.38. The topological polar surface area (TPSA) is 44.5 Å². The molecule has 1 heterocycles. The normalized spacial score (nSPS) is 31.8. The van der Waals surface area contributed by atoms with Gasteiger partial charge in [0, 0.05) is 13.2 Å². The van der Waals surface area contributed by atoms with Crippen molar-refractivity contribution in [1.29, 1.82) is 0 Å². The van der Waals surface area contributed by atoms with E-state index in [-0.39, 0.29) is 6.10 Å². The van der Waals surface area contributed by atoms with Crippen LogP contribution in [0.4, 0.5) is 0 Å². The molecule has 0 radical (unpaired) electrons. The van der Waals surface area contributed by atoms with Crippen molar-refractivity contribution < 1.29 is 9.47 Å². The Morgan fingerprint density at radius 1 is 1.13 bits per heavy atom. The van der Waals surface area contributed by atoms with Gasteiger partial charge in [-0.2, -0.15) is 0 Å². The smallest absolute Gasteiger partial charge is 0.0813 e. The van der Waals surface area contributed by atoms with Gasteiger partial charge in [-0.25, -0.2) is 0 Å². The summed E-state index contributed by atoms with van der Waals surface area (Å²) < 4.78 is 11.4. The lowest BCUT2D eigenvalue weighted by Crippen LogP contribution is -2.23. The maximum Gasteiger partial charge on any atom is 0.0813 e. The highest BCUT2D eigenvalue weighted by Gasteiger charge is 2.24. The Kier molecular flexibility index (Phi) is 4.42. The zero-order valence-electron chi connectivity index (χ0n) is 9.49. The summed E-state index contributed by atoms with van der Waals surface area (Å²) in [5, 5.41) is 0. The van der Waals surface area contributed by atoms with Crippen molar-refractivity contribution in [1.82, 2.24) is 0 Å². The van der Waals surface area contributed by atoms with E-state index in [2.05, 4.69) is 0 Å². The van der Waals surface area contributed by atoms with Gasteiger partial charge >= 0.3 is 0 Å². The SMILES string of the molecule is NCC1CCC(COCCC2CCC2)O1. The number of nitrogens with two attached hydrogens (primary N) is 1. The molecule has 1 aliphatic carbocycles. The highest BCUT2D eigenvalue weighted by Crippen LogP contribution is 2.29. The van der Waals surface area contributed by atoms with E-state index in [4.69, 9.17) is 15.2 Å². The zero-order valence-corrected chi connectivity index (χ0v) is 9.49. The highest BCUT2D eigenvalue weighted by atomic mass is 16.5. The predicted octanol–water partition coefficient (Wildman–Crippen LogP) is 1.70. The molecule has 0 amide bonds. The van der Waals surface area contributed by atoms with Gasteiger partial charge in [-0.1, -0.05) is 19.3 Å². The molecule has 88 valence electrons. The van der Waals surface area contributed by atoms with Crippen LogP contribution in [0.15, 0.2) is 0 Å². The molecule has 0 aromatic carbocycles. The third kappa shape index (κ3) is 3.44. The number of hydrogen-bond acceptors (Lipinski definition) is 3. The van der Waals surface area contributed by atoms with Gasteiger partial charge < -0.3 is 15.2 Å². The molecule has 0 aromatic heterocycles. The van der Waals surface area contributed by atoms with E-state index in [1.165, 1.54) is 25.7 Å². The maximum absolute atomic E-state index is 5.71. The van der Waals surface area contributed by atoms with Crippen LogP contribution >= 0.6 is 0 Å². The molecule has 2 rings (SSSR count). The fraction of sp³-hybridized carbons (Fsp3) is 1.00. The minimum absolute atomic E-state index is 0.283. The first kappa shape index (κ1) is 11.4. The van der Waals surface area contributed by atoms with E-state index in [0.29, 0.717) is 12.6 Å². The van der Waals surface area contributed by atoms with Gasteiger partial charge in [-0.15, -0.1) is 0 Å². The van der Waals surface area contributed by atoms with Gasteiger partial charge in [0.1, 0.15) is 0 Å². The Morgan fingerprint density at radius 2 is 1.93 bits per heavy atom. The quantitative estimate of drug-likeness (QED) is 0.683. The van der Waals surface area contributed by atoms with Gasteiger partial charge in [-0.05, 0) is 25.2 Å². The molecule has 15 heavy (non-hydrogen) atoms. The highest BCUT2D eigenvalue weighted by molar-refractivity contribution is 4.74. The summed E-state index contributed by atoms with van der Waals surface area (Å²) in [5.41, 5.74) is 5.55. The summed E-state index contributed by atoms with van der Waals surface area (Å²) in [6.07, 6.45) is 8.31. The molecule has 0 bridgehead atoms. The summed E-state index contributed by atoms with van der Waals surface area (Å²) >= 11 is 0. The lowest BCUT2D eigenvalue weighted by molar-refractivity contribution is -0.0161. The molecule has 2 N–H and O–H groups in total. The average molecular weight is 213 g/mol. The van der Waals surface area contributed by atoms with Crippen LogP contribution in [-0.4, -0.2) is 32.0 Å². The second-order valence-corrected chi connectivity index (χ2v) is 4.85. The Hall–Kier alpha value is -0.120. The monoisotopic (exact) mass is 213 g/mol. The molecule has 3 nitrogen and oxygen atoms in total. The third-order valence-corrected chi connectivity index (χ3v) is 3.66. The second kappa shape index (κ2) is 5.83. The Morgan fingerprint density at radius 3 is 2.53 bits per heavy atom. The summed E-state index contributed by atoms with van der Waals surface area (Å²) in [7, 11) is 0. The molecule has 1 saturated carbocycles. The fourth-order valence-electron chi connectivity index (χ4n) is 2.32. The Labute approximate surface area is 92.3 Å². The Balaban J connectivity index is 1.47. The molecule has 2 unspecified atom stereocenters. The van der Waals surface area contributed by atoms with Crippen LogP contribution in [0.5, 0.6) is 0 Å². The van der Waals surface area contributed by atoms with Crippen molar-refractivity contribution in [3.05, 3.63) is 0 Å². The van der Waals surface area contributed by atoms with E-state index in [1.807, 2.05) is 0 Å². The maximum atomic E-state index is 5.71. The molecule has 1 aliphatic heterocycles. The molecule has 2 fully saturated rings. The second-order valence-electron chi connectivity index (χ2n) is 4.85. The zero-order chi connectivity index (χ0) is 10.5. The number of ether oxygens (including phenoxy) is 2. The van der Waals surface area contributed by atoms with Crippen molar-refractivity contribution in [2.45, 2.75) is 50.7 Å². The predicted molar refractivity (Wildman–Crippen MR) is 59.7 cm³/mol. The molecule has 0 spiro atoms. The molecular weight excluding hydrogens is 190 g/mol. The van der Waals surface area contributed by atoms with Gasteiger partial charge in [0.25, 0.3) is 0 Å². The van der Waals surface area contributed by atoms with E-state index in [9.17, 15) is 0 Å². The summed E-state index contributed by atoms with van der Waals surface area (Å²) in [5.74, 6) is 0.950. The van der Waals surface area contributed by atoms with Crippen molar-refractivity contribution in [2.75, 3.05) is 19.8 Å². The molecule has 3 heteroatoms. The summed E-state index contributed by atoms with van der Waals surface area (Å²) in [6, 6.07) is 0. The van der Waals surface area contributed by atoms with Crippen LogP contribution in [0.1, 0.15) is 38.5 Å². The summed E-state index contributed by atoms with van der Waals surface area (Å²) in [4.78, 5) is 0. The van der Waals surface area contributed by atoms with E-state index in [1.54, 1.807) is 0 Å². The van der Waals surface area contributed by atoms with Crippen molar-refractivity contribution in [2.24, 2.45) is 11.7 Å². The van der Waals surface area contributed by atoms with Crippen LogP contribution in [0.25, 0.3) is 0 Å². The van der Waals surface area contributed by atoms with Gasteiger partial charge in [0.2, 0.25) is 0 Å². The van der Waals surface area contributed by atoms with Crippen LogP contribution in [0.3, 0.4) is 0 Å². The van der Waals surface area contributed by atoms with Crippen LogP contribution in [-0.2, 0) is 9.47 Å². The van der Waals surface area contributed by atoms with E-state index in [0.717, 1.165) is 32.0 Å². The minimum atomic E-state index is 0.283. The van der Waals surface area contributed by atoms with Crippen LogP contribution in [0, 0.1) is 5.92 Å². The van der Waals surface area contributed by atoms with Crippen molar-refractivity contribution in [3.63, 3.8) is 0 Å². The standard InChI is InChI=1S/C12H23NO2/c13-8-11-4-5-12(15-11)9-14-7-6-10-2-1-3-10/h10-12H,1-9,13H2. The van der Waals surface area contributed by atoms with Gasteiger partial charge in [-0.3, -0.25) is 0 Å². The molecular formula is C12H23NO2. The van der Waals surface area contributed by atoms with Crippen LogP contribution < -0.4 is 5.73 Å². The Bertz CT molecular complexity index is 182. The fourth-order valence-corrected chi connectivity index (χ4v) is 2.32. The molecule has 2 aliphatic rings. The van der Waals surface area contributed by atoms with Crippen molar-refractivity contribution >= 4 is 0 Å². The first-order valence-electron chi connectivity index (χ1n) is 6.31. The van der Waals surface area contributed by atoms with Gasteiger partial charge in [0.05, 0.1) is 18.8 Å². The molecule has 1 saturated heterocycles. The average Bonchev–Trinajstić information content (AvgIpc) is 2.62. The number of rotatable bonds is 6. The first-order valence-corrected chi connectivity index (χ1v) is 6.31. The lowest BCUT2D eigenvalue weighted by atomic mass is 9.83. The third-order valence-electron chi connectivity index (χ3n) is 3.66.